The zero-order valence-electron chi connectivity index (χ0n) is 14.5. The first-order valence-electron chi connectivity index (χ1n) is 9.26. The van der Waals surface area contributed by atoms with Crippen molar-refractivity contribution >= 4 is 17.7 Å². The van der Waals surface area contributed by atoms with Gasteiger partial charge in [-0.1, -0.05) is 19.3 Å². The lowest BCUT2D eigenvalue weighted by atomic mass is 9.74. The molecule has 0 radical (unpaired) electrons. The number of halogens is 1. The molecule has 0 aromatic heterocycles. The molecular weight excluding hydrogens is 339 g/mol. The topological polar surface area (TPSA) is 87.7 Å². The fraction of sp³-hybridized carbons (Fsp3) is 0.579. The van der Waals surface area contributed by atoms with Gasteiger partial charge in [0.15, 0.2) is 0 Å². The summed E-state index contributed by atoms with van der Waals surface area (Å²) in [6, 6.07) is 2.56. The molecule has 2 aliphatic carbocycles. The van der Waals surface area contributed by atoms with E-state index in [4.69, 9.17) is 9.84 Å². The largest absolute Gasteiger partial charge is 0.493 e. The molecule has 1 aromatic rings. The Morgan fingerprint density at radius 3 is 2.69 bits per heavy atom. The molecule has 0 bridgehead atoms. The summed E-state index contributed by atoms with van der Waals surface area (Å²) in [7, 11) is 0. The fourth-order valence-electron chi connectivity index (χ4n) is 4.51. The minimum absolute atomic E-state index is 0.199. The monoisotopic (exact) mass is 362 g/mol. The summed E-state index contributed by atoms with van der Waals surface area (Å²) < 4.78 is 20.4. The van der Waals surface area contributed by atoms with Crippen molar-refractivity contribution in [3.63, 3.8) is 0 Å². The SMILES string of the molecule is O=C1Nc2c(F)ccc(OCC3CC(C(=O)O)C3)c2C2(CCCCC2)N1. The Morgan fingerprint density at radius 2 is 2.00 bits per heavy atom. The number of anilines is 1. The summed E-state index contributed by atoms with van der Waals surface area (Å²) in [5.74, 6) is -0.716. The van der Waals surface area contributed by atoms with Crippen molar-refractivity contribution in [3.8, 4) is 5.75 Å². The van der Waals surface area contributed by atoms with Crippen LogP contribution in [0.5, 0.6) is 5.75 Å². The minimum Gasteiger partial charge on any atom is -0.493 e. The number of amides is 2. The van der Waals surface area contributed by atoms with E-state index < -0.39 is 17.3 Å². The summed E-state index contributed by atoms with van der Waals surface area (Å²) in [6.45, 7) is 0.409. The molecule has 26 heavy (non-hydrogen) atoms. The van der Waals surface area contributed by atoms with Crippen molar-refractivity contribution in [3.05, 3.63) is 23.5 Å². The molecule has 3 N–H and O–H groups in total. The number of carbonyl (C=O) groups is 2. The standard InChI is InChI=1S/C19H23FN2O4/c20-13-4-5-14(26-10-11-8-12(9-11)17(23)24)15-16(13)21-18(25)22-19(15)6-2-1-3-7-19/h4-5,11-12H,1-3,6-10H2,(H,23,24)(H2,21,22,25). The molecule has 4 rings (SSSR count). The highest BCUT2D eigenvalue weighted by molar-refractivity contribution is 5.94. The van der Waals surface area contributed by atoms with Crippen LogP contribution >= 0.6 is 0 Å². The van der Waals surface area contributed by atoms with Gasteiger partial charge in [0.2, 0.25) is 0 Å². The fourth-order valence-corrected chi connectivity index (χ4v) is 4.51. The van der Waals surface area contributed by atoms with Crippen LogP contribution in [0.25, 0.3) is 0 Å². The summed E-state index contributed by atoms with van der Waals surface area (Å²) in [4.78, 5) is 23.0. The van der Waals surface area contributed by atoms with E-state index >= 15 is 0 Å². The van der Waals surface area contributed by atoms with Gasteiger partial charge in [-0.05, 0) is 43.7 Å². The van der Waals surface area contributed by atoms with E-state index in [0.29, 0.717) is 30.8 Å². The molecule has 3 aliphatic rings. The predicted molar refractivity (Wildman–Crippen MR) is 92.7 cm³/mol. The third-order valence-electron chi connectivity index (χ3n) is 5.95. The maximum atomic E-state index is 14.4. The first-order valence-corrected chi connectivity index (χ1v) is 9.26. The molecule has 0 saturated heterocycles. The minimum atomic E-state index is -0.756. The van der Waals surface area contributed by atoms with Crippen LogP contribution < -0.4 is 15.4 Å². The maximum absolute atomic E-state index is 14.4. The van der Waals surface area contributed by atoms with E-state index in [1.807, 2.05) is 0 Å². The number of carboxylic acid groups (broad SMARTS) is 1. The highest BCUT2D eigenvalue weighted by Gasteiger charge is 2.44. The predicted octanol–water partition coefficient (Wildman–Crippen LogP) is 3.61. The number of hydrogen-bond donors (Lipinski definition) is 3. The lowest BCUT2D eigenvalue weighted by Crippen LogP contribution is -2.53. The molecular formula is C19H23FN2O4. The quantitative estimate of drug-likeness (QED) is 0.763. The molecule has 1 spiro atoms. The van der Waals surface area contributed by atoms with E-state index in [2.05, 4.69) is 10.6 Å². The molecule has 2 fully saturated rings. The highest BCUT2D eigenvalue weighted by Crippen LogP contribution is 2.48. The number of nitrogens with one attached hydrogen (secondary N) is 2. The second-order valence-electron chi connectivity index (χ2n) is 7.70. The van der Waals surface area contributed by atoms with Gasteiger partial charge in [-0.15, -0.1) is 0 Å². The van der Waals surface area contributed by atoms with Crippen molar-refractivity contribution in [2.45, 2.75) is 50.5 Å². The summed E-state index contributed by atoms with van der Waals surface area (Å²) in [5, 5.41) is 14.6. The number of rotatable bonds is 4. The number of ether oxygens (including phenoxy) is 1. The van der Waals surface area contributed by atoms with Crippen molar-refractivity contribution in [2.75, 3.05) is 11.9 Å². The smallest absolute Gasteiger partial charge is 0.320 e. The van der Waals surface area contributed by atoms with Crippen molar-refractivity contribution < 1.29 is 23.8 Å². The van der Waals surface area contributed by atoms with E-state index in [1.54, 1.807) is 6.07 Å². The van der Waals surface area contributed by atoms with Gasteiger partial charge in [0, 0.05) is 5.56 Å². The Kier molecular flexibility index (Phi) is 4.25. The van der Waals surface area contributed by atoms with Crippen molar-refractivity contribution in [1.29, 1.82) is 0 Å². The first kappa shape index (κ1) is 17.1. The average Bonchev–Trinajstić information content (AvgIpc) is 2.56. The number of benzene rings is 1. The van der Waals surface area contributed by atoms with Crippen LogP contribution in [-0.4, -0.2) is 23.7 Å². The lowest BCUT2D eigenvalue weighted by molar-refractivity contribution is -0.146. The number of carboxylic acids is 1. The Morgan fingerprint density at radius 1 is 1.27 bits per heavy atom. The lowest BCUT2D eigenvalue weighted by Gasteiger charge is -2.43. The Labute approximate surface area is 151 Å². The van der Waals surface area contributed by atoms with E-state index in [-0.39, 0.29) is 23.6 Å². The molecule has 2 amide bonds. The van der Waals surface area contributed by atoms with Gasteiger partial charge in [0.05, 0.1) is 23.8 Å². The van der Waals surface area contributed by atoms with Crippen LogP contribution in [0.3, 0.4) is 0 Å². The third kappa shape index (κ3) is 2.89. The molecule has 7 heteroatoms. The molecule has 0 atom stereocenters. The highest BCUT2D eigenvalue weighted by atomic mass is 19.1. The zero-order valence-corrected chi connectivity index (χ0v) is 14.5. The molecule has 0 unspecified atom stereocenters. The number of fused-ring (bicyclic) bond motifs is 2. The molecule has 140 valence electrons. The van der Waals surface area contributed by atoms with Crippen LogP contribution in [0.1, 0.15) is 50.5 Å². The number of carbonyl (C=O) groups excluding carboxylic acids is 1. The second-order valence-corrected chi connectivity index (χ2v) is 7.70. The summed E-state index contributed by atoms with van der Waals surface area (Å²) >= 11 is 0. The first-order chi connectivity index (χ1) is 12.5. The molecule has 1 aromatic carbocycles. The summed E-state index contributed by atoms with van der Waals surface area (Å²) in [5.41, 5.74) is 0.326. The van der Waals surface area contributed by atoms with Crippen molar-refractivity contribution in [1.82, 2.24) is 5.32 Å². The molecule has 1 heterocycles. The van der Waals surface area contributed by atoms with E-state index in [1.165, 1.54) is 6.07 Å². The zero-order chi connectivity index (χ0) is 18.3. The van der Waals surface area contributed by atoms with Gasteiger partial charge >= 0.3 is 12.0 Å². The molecule has 2 saturated carbocycles. The Balaban J connectivity index is 1.59. The number of hydrogen-bond acceptors (Lipinski definition) is 3. The number of aliphatic carboxylic acids is 1. The van der Waals surface area contributed by atoms with Gasteiger partial charge in [-0.3, -0.25) is 4.79 Å². The normalized spacial score (nSPS) is 26.3. The van der Waals surface area contributed by atoms with E-state index in [9.17, 15) is 14.0 Å². The van der Waals surface area contributed by atoms with Crippen LogP contribution in [0.4, 0.5) is 14.9 Å². The van der Waals surface area contributed by atoms with Gasteiger partial charge in [-0.25, -0.2) is 9.18 Å². The Hall–Kier alpha value is -2.31. The summed E-state index contributed by atoms with van der Waals surface area (Å²) in [6.07, 6.45) is 5.79. The van der Waals surface area contributed by atoms with E-state index in [0.717, 1.165) is 32.1 Å². The van der Waals surface area contributed by atoms with Crippen LogP contribution in [0.2, 0.25) is 0 Å². The number of urea groups is 1. The molecule has 1 aliphatic heterocycles. The average molecular weight is 362 g/mol. The molecule has 6 nitrogen and oxygen atoms in total. The van der Waals surface area contributed by atoms with Crippen molar-refractivity contribution in [2.24, 2.45) is 11.8 Å². The van der Waals surface area contributed by atoms with Gasteiger partial charge < -0.3 is 20.5 Å². The van der Waals surface area contributed by atoms with Crippen LogP contribution in [0.15, 0.2) is 12.1 Å². The van der Waals surface area contributed by atoms with Crippen LogP contribution in [0, 0.1) is 17.7 Å². The van der Waals surface area contributed by atoms with Gasteiger partial charge in [0.25, 0.3) is 0 Å². The Bertz CT molecular complexity index is 739. The second kappa shape index (κ2) is 6.45. The van der Waals surface area contributed by atoms with Gasteiger partial charge in [0.1, 0.15) is 11.6 Å². The third-order valence-corrected chi connectivity index (χ3v) is 5.95. The maximum Gasteiger partial charge on any atom is 0.320 e. The van der Waals surface area contributed by atoms with Gasteiger partial charge in [-0.2, -0.15) is 0 Å². The van der Waals surface area contributed by atoms with Crippen LogP contribution in [-0.2, 0) is 10.3 Å².